The van der Waals surface area contributed by atoms with E-state index in [0.29, 0.717) is 6.61 Å². The predicted molar refractivity (Wildman–Crippen MR) is 107 cm³/mol. The van der Waals surface area contributed by atoms with Crippen molar-refractivity contribution < 1.29 is 4.74 Å². The van der Waals surface area contributed by atoms with Crippen molar-refractivity contribution in [3.8, 4) is 0 Å². The normalized spacial score (nSPS) is 23.4. The van der Waals surface area contributed by atoms with Crippen LogP contribution in [0.25, 0.3) is 10.9 Å². The van der Waals surface area contributed by atoms with Crippen molar-refractivity contribution in [3.05, 3.63) is 71.4 Å². The lowest BCUT2D eigenvalue weighted by Gasteiger charge is -2.42. The van der Waals surface area contributed by atoms with Crippen LogP contribution in [0.3, 0.4) is 0 Å². The first-order valence-electron chi connectivity index (χ1n) is 9.60. The van der Waals surface area contributed by atoms with Crippen LogP contribution in [-0.2, 0) is 17.0 Å². The first-order valence-corrected chi connectivity index (χ1v) is 9.60. The van der Waals surface area contributed by atoms with E-state index in [2.05, 4.69) is 73.1 Å². The zero-order valence-corrected chi connectivity index (χ0v) is 15.7. The first-order chi connectivity index (χ1) is 12.6. The lowest BCUT2D eigenvalue weighted by atomic mass is 9.86. The van der Waals surface area contributed by atoms with E-state index in [1.165, 1.54) is 34.0 Å². The maximum absolute atomic E-state index is 7.00. The van der Waals surface area contributed by atoms with E-state index >= 15 is 0 Å². The van der Waals surface area contributed by atoms with Gasteiger partial charge in [-0.2, -0.15) is 0 Å². The molecule has 136 valence electrons. The molecule has 2 unspecified atom stereocenters. The number of hydrogen-bond acceptors (Lipinski definition) is 2. The molecule has 1 aliphatic carbocycles. The SMILES string of the molecule is Cc1cc(C)cc(COC2CCCCC2(N)n2ccc3ccccc32)c1. The molecule has 2 N–H and O–H groups in total. The van der Waals surface area contributed by atoms with Crippen LogP contribution >= 0.6 is 0 Å². The predicted octanol–water partition coefficient (Wildman–Crippen LogP) is 5.03. The minimum Gasteiger partial charge on any atom is -0.370 e. The molecule has 1 aromatic heterocycles. The van der Waals surface area contributed by atoms with Crippen LogP contribution in [0.2, 0.25) is 0 Å². The number of nitrogens with two attached hydrogens (primary N) is 1. The van der Waals surface area contributed by atoms with E-state index in [9.17, 15) is 0 Å². The van der Waals surface area contributed by atoms with Crippen molar-refractivity contribution >= 4 is 10.9 Å². The van der Waals surface area contributed by atoms with Crippen molar-refractivity contribution in [2.24, 2.45) is 5.73 Å². The first kappa shape index (κ1) is 17.3. The quantitative estimate of drug-likeness (QED) is 0.718. The van der Waals surface area contributed by atoms with Crippen LogP contribution in [0.1, 0.15) is 42.4 Å². The Balaban J connectivity index is 1.61. The molecule has 3 aromatic rings. The van der Waals surface area contributed by atoms with Gasteiger partial charge in [0.2, 0.25) is 0 Å². The second kappa shape index (κ2) is 6.90. The van der Waals surface area contributed by atoms with Gasteiger partial charge in [0, 0.05) is 11.7 Å². The number of nitrogens with zero attached hydrogens (tertiary/aromatic N) is 1. The van der Waals surface area contributed by atoms with Gasteiger partial charge in [-0.3, -0.25) is 0 Å². The van der Waals surface area contributed by atoms with Gasteiger partial charge < -0.3 is 15.0 Å². The number of rotatable bonds is 4. The van der Waals surface area contributed by atoms with E-state index in [1.807, 2.05) is 0 Å². The molecular formula is C23H28N2O. The van der Waals surface area contributed by atoms with Gasteiger partial charge in [-0.25, -0.2) is 0 Å². The second-order valence-corrected chi connectivity index (χ2v) is 7.78. The van der Waals surface area contributed by atoms with Crippen molar-refractivity contribution in [1.29, 1.82) is 0 Å². The smallest absolute Gasteiger partial charge is 0.119 e. The molecule has 4 rings (SSSR count). The minimum absolute atomic E-state index is 0.0212. The van der Waals surface area contributed by atoms with Gasteiger partial charge in [-0.15, -0.1) is 0 Å². The highest BCUT2D eigenvalue weighted by Gasteiger charge is 2.40. The fourth-order valence-corrected chi connectivity index (χ4v) is 4.45. The van der Waals surface area contributed by atoms with E-state index in [0.717, 1.165) is 19.3 Å². The third kappa shape index (κ3) is 3.17. The Morgan fingerprint density at radius 3 is 2.65 bits per heavy atom. The Morgan fingerprint density at radius 1 is 1.08 bits per heavy atom. The highest BCUT2D eigenvalue weighted by Crippen LogP contribution is 2.36. The summed E-state index contributed by atoms with van der Waals surface area (Å²) in [6.45, 7) is 4.89. The third-order valence-electron chi connectivity index (χ3n) is 5.63. The number of aromatic nitrogens is 1. The summed E-state index contributed by atoms with van der Waals surface area (Å²) in [6.07, 6.45) is 6.43. The molecule has 0 amide bonds. The average molecular weight is 348 g/mol. The van der Waals surface area contributed by atoms with Crippen LogP contribution in [0.4, 0.5) is 0 Å². The summed E-state index contributed by atoms with van der Waals surface area (Å²) in [6, 6.07) is 17.2. The molecule has 26 heavy (non-hydrogen) atoms. The van der Waals surface area contributed by atoms with Crippen LogP contribution < -0.4 is 5.73 Å². The van der Waals surface area contributed by atoms with E-state index in [4.69, 9.17) is 10.5 Å². The summed E-state index contributed by atoms with van der Waals surface area (Å²) >= 11 is 0. The van der Waals surface area contributed by atoms with Gasteiger partial charge in [-0.1, -0.05) is 53.9 Å². The standard InChI is InChI=1S/C23H28N2O/c1-17-13-18(2)15-19(14-17)16-26-22-9-5-6-11-23(22,24)25-12-10-20-7-3-4-8-21(20)25/h3-4,7-8,10,12-15,22H,5-6,9,11,16,24H2,1-2H3. The van der Waals surface area contributed by atoms with Crippen LogP contribution in [0.15, 0.2) is 54.7 Å². The topological polar surface area (TPSA) is 40.2 Å². The summed E-state index contributed by atoms with van der Waals surface area (Å²) in [5, 5.41) is 1.23. The van der Waals surface area contributed by atoms with Gasteiger partial charge >= 0.3 is 0 Å². The van der Waals surface area contributed by atoms with Crippen LogP contribution in [0.5, 0.6) is 0 Å². The molecular weight excluding hydrogens is 320 g/mol. The van der Waals surface area contributed by atoms with Crippen LogP contribution in [0, 0.1) is 13.8 Å². The number of fused-ring (bicyclic) bond motifs is 1. The van der Waals surface area contributed by atoms with E-state index in [-0.39, 0.29) is 6.10 Å². The van der Waals surface area contributed by atoms with Crippen molar-refractivity contribution in [3.63, 3.8) is 0 Å². The van der Waals surface area contributed by atoms with Crippen molar-refractivity contribution in [1.82, 2.24) is 4.57 Å². The Hall–Kier alpha value is -2.10. The van der Waals surface area contributed by atoms with Gasteiger partial charge in [0.05, 0.1) is 12.7 Å². The maximum Gasteiger partial charge on any atom is 0.119 e. The van der Waals surface area contributed by atoms with Crippen LogP contribution in [-0.4, -0.2) is 10.7 Å². The lowest BCUT2D eigenvalue weighted by Crippen LogP contribution is -2.55. The molecule has 0 radical (unpaired) electrons. The summed E-state index contributed by atoms with van der Waals surface area (Å²) in [7, 11) is 0. The second-order valence-electron chi connectivity index (χ2n) is 7.78. The molecule has 0 spiro atoms. The molecule has 1 saturated carbocycles. The fraction of sp³-hybridized carbons (Fsp3) is 0.391. The fourth-order valence-electron chi connectivity index (χ4n) is 4.45. The molecule has 0 bridgehead atoms. The summed E-state index contributed by atoms with van der Waals surface area (Å²) in [5.74, 6) is 0. The molecule has 1 heterocycles. The Kier molecular flexibility index (Phi) is 4.60. The summed E-state index contributed by atoms with van der Waals surface area (Å²) < 4.78 is 8.67. The Morgan fingerprint density at radius 2 is 1.85 bits per heavy atom. The van der Waals surface area contributed by atoms with Gasteiger partial charge in [0.15, 0.2) is 0 Å². The molecule has 0 saturated heterocycles. The monoisotopic (exact) mass is 348 g/mol. The zero-order chi connectivity index (χ0) is 18.1. The number of hydrogen-bond donors (Lipinski definition) is 1. The van der Waals surface area contributed by atoms with Gasteiger partial charge in [0.1, 0.15) is 5.66 Å². The average Bonchev–Trinajstić information content (AvgIpc) is 3.05. The number of para-hydroxylation sites is 1. The molecule has 2 atom stereocenters. The number of benzene rings is 2. The maximum atomic E-state index is 7.00. The number of aryl methyl sites for hydroxylation is 2. The molecule has 3 nitrogen and oxygen atoms in total. The third-order valence-corrected chi connectivity index (χ3v) is 5.63. The number of ether oxygens (including phenoxy) is 1. The molecule has 0 aliphatic heterocycles. The minimum atomic E-state index is -0.486. The van der Waals surface area contributed by atoms with Crippen molar-refractivity contribution in [2.45, 2.75) is 57.9 Å². The molecule has 1 aliphatic rings. The highest BCUT2D eigenvalue weighted by atomic mass is 16.5. The Labute approximate surface area is 155 Å². The largest absolute Gasteiger partial charge is 0.370 e. The van der Waals surface area contributed by atoms with Gasteiger partial charge in [0.25, 0.3) is 0 Å². The van der Waals surface area contributed by atoms with E-state index in [1.54, 1.807) is 0 Å². The van der Waals surface area contributed by atoms with Gasteiger partial charge in [-0.05, 0) is 56.2 Å². The van der Waals surface area contributed by atoms with E-state index < -0.39 is 5.66 Å². The molecule has 3 heteroatoms. The lowest BCUT2D eigenvalue weighted by molar-refractivity contribution is -0.0642. The molecule has 2 aromatic carbocycles. The highest BCUT2D eigenvalue weighted by molar-refractivity contribution is 5.80. The van der Waals surface area contributed by atoms with Crippen molar-refractivity contribution in [2.75, 3.05) is 0 Å². The zero-order valence-electron chi connectivity index (χ0n) is 15.7. The Bertz CT molecular complexity index is 893. The summed E-state index contributed by atoms with van der Waals surface area (Å²) in [5.41, 5.74) is 11.5. The molecule has 1 fully saturated rings. The summed E-state index contributed by atoms with van der Waals surface area (Å²) in [4.78, 5) is 0.